The van der Waals surface area contributed by atoms with Gasteiger partial charge in [-0.3, -0.25) is 9.59 Å². The van der Waals surface area contributed by atoms with E-state index in [0.717, 1.165) is 25.7 Å². The van der Waals surface area contributed by atoms with Crippen molar-refractivity contribution in [1.29, 1.82) is 0 Å². The van der Waals surface area contributed by atoms with Crippen molar-refractivity contribution in [3.05, 3.63) is 24.3 Å². The van der Waals surface area contributed by atoms with Crippen LogP contribution in [0.3, 0.4) is 0 Å². The molecule has 0 aromatic carbocycles. The van der Waals surface area contributed by atoms with Gasteiger partial charge in [0.25, 0.3) is 0 Å². The molecule has 0 aromatic heterocycles. The highest BCUT2D eigenvalue weighted by molar-refractivity contribution is 5.88. The fraction of sp³-hybridized carbons (Fsp3) is 0.854. The molecule has 0 aliphatic heterocycles. The van der Waals surface area contributed by atoms with E-state index in [1.165, 1.54) is 141 Å². The van der Waals surface area contributed by atoms with Crippen molar-refractivity contribution < 1.29 is 9.59 Å². The number of rotatable bonds is 35. The summed E-state index contributed by atoms with van der Waals surface area (Å²) in [6, 6.07) is 0. The number of allylic oxidation sites excluding steroid dienone is 4. The first-order valence-corrected chi connectivity index (χ1v) is 19.5. The lowest BCUT2D eigenvalue weighted by atomic mass is 9.91. The molecule has 0 rings (SSSR count). The Bertz CT molecular complexity index is 680. The van der Waals surface area contributed by atoms with Crippen LogP contribution >= 0.6 is 0 Å². The maximum Gasteiger partial charge on any atom is 0.137 e. The van der Waals surface area contributed by atoms with Crippen LogP contribution in [0.5, 0.6) is 0 Å². The van der Waals surface area contributed by atoms with Gasteiger partial charge in [0.2, 0.25) is 0 Å². The summed E-state index contributed by atoms with van der Waals surface area (Å²) in [6.45, 7) is 5.24. The number of carbonyl (C=O) groups is 2. The van der Waals surface area contributed by atoms with E-state index >= 15 is 0 Å². The first-order chi connectivity index (χ1) is 21.5. The summed E-state index contributed by atoms with van der Waals surface area (Å²) in [5.74, 6) is 0.457. The van der Waals surface area contributed by atoms with Gasteiger partial charge in [-0.05, 0) is 78.3 Å². The number of nitrogens with zero attached hydrogens (tertiary/aromatic N) is 1. The Balaban J connectivity index is 3.83. The van der Waals surface area contributed by atoms with Crippen molar-refractivity contribution in [1.82, 2.24) is 4.90 Å². The maximum atomic E-state index is 13.0. The summed E-state index contributed by atoms with van der Waals surface area (Å²) in [5, 5.41) is 0. The molecule has 258 valence electrons. The molecule has 44 heavy (non-hydrogen) atoms. The molecule has 0 N–H and O–H groups in total. The molecule has 0 bridgehead atoms. The molecule has 0 heterocycles. The number of hydrogen-bond donors (Lipinski definition) is 0. The summed E-state index contributed by atoms with van der Waals surface area (Å²) in [6.07, 6.45) is 44.2. The third-order valence-corrected chi connectivity index (χ3v) is 8.92. The highest BCUT2D eigenvalue weighted by atomic mass is 16.1. The molecule has 0 saturated heterocycles. The van der Waals surface area contributed by atoms with E-state index in [0.29, 0.717) is 31.6 Å². The molecular weight excluding hydrogens is 538 g/mol. The van der Waals surface area contributed by atoms with Crippen molar-refractivity contribution in [3.8, 4) is 0 Å². The monoisotopic (exact) mass is 616 g/mol. The van der Waals surface area contributed by atoms with Crippen LogP contribution in [0.1, 0.15) is 200 Å². The highest BCUT2D eigenvalue weighted by Crippen LogP contribution is 2.17. The zero-order valence-electron chi connectivity index (χ0n) is 30.4. The number of hydrogen-bond acceptors (Lipinski definition) is 3. The number of unbranched alkanes of at least 4 members (excludes halogenated alkanes) is 22. The first-order valence-electron chi connectivity index (χ1n) is 19.5. The highest BCUT2D eigenvalue weighted by Gasteiger charge is 2.21. The largest absolute Gasteiger partial charge is 0.309 e. The molecule has 0 aliphatic rings. The molecule has 0 fully saturated rings. The lowest BCUT2D eigenvalue weighted by molar-refractivity contribution is -0.128. The van der Waals surface area contributed by atoms with E-state index in [-0.39, 0.29) is 11.7 Å². The Kier molecular flexibility index (Phi) is 33.7. The minimum absolute atomic E-state index is 0.127. The van der Waals surface area contributed by atoms with E-state index in [1.54, 1.807) is 0 Å². The Morgan fingerprint density at radius 3 is 1.20 bits per heavy atom. The zero-order valence-corrected chi connectivity index (χ0v) is 30.4. The molecule has 0 saturated carbocycles. The van der Waals surface area contributed by atoms with E-state index in [2.05, 4.69) is 43.1 Å². The average Bonchev–Trinajstić information content (AvgIpc) is 3.00. The smallest absolute Gasteiger partial charge is 0.137 e. The lowest BCUT2D eigenvalue weighted by Crippen LogP contribution is -2.29. The summed E-state index contributed by atoms with van der Waals surface area (Å²) in [7, 11) is 4.02. The van der Waals surface area contributed by atoms with Gasteiger partial charge in [0.15, 0.2) is 0 Å². The molecule has 1 atom stereocenters. The number of carbonyl (C=O) groups excluding carboxylic acids is 2. The topological polar surface area (TPSA) is 37.4 Å². The minimum Gasteiger partial charge on any atom is -0.309 e. The Morgan fingerprint density at radius 1 is 0.477 bits per heavy atom. The second kappa shape index (κ2) is 34.6. The number of ketones is 2. The summed E-state index contributed by atoms with van der Waals surface area (Å²) in [4.78, 5) is 27.7. The third-order valence-electron chi connectivity index (χ3n) is 8.92. The normalized spacial score (nSPS) is 12.7. The summed E-state index contributed by atoms with van der Waals surface area (Å²) in [5.41, 5.74) is 0. The van der Waals surface area contributed by atoms with E-state index < -0.39 is 0 Å². The van der Waals surface area contributed by atoms with Gasteiger partial charge in [-0.15, -0.1) is 0 Å². The van der Waals surface area contributed by atoms with Gasteiger partial charge in [-0.1, -0.05) is 141 Å². The minimum atomic E-state index is -0.127. The SMILES string of the molecule is CCCCCCCCC=CCCCCCCCC(=O)CC(CN(C)C)C(=O)CCCCCCCC=CCCCCCCCC. The Morgan fingerprint density at radius 2 is 0.818 bits per heavy atom. The second-order valence-electron chi connectivity index (χ2n) is 13.8. The standard InChI is InChI=1S/C41H77NO2/c1-5-7-9-11-13-15-17-19-21-23-25-27-29-31-33-35-40(43)37-39(38-42(3)4)41(44)36-34-32-30-28-26-24-22-20-18-16-14-12-10-8-6-2/h19-22,39H,5-18,23-38H2,1-4H3. The van der Waals surface area contributed by atoms with E-state index in [4.69, 9.17) is 0 Å². The van der Waals surface area contributed by atoms with Crippen molar-refractivity contribution in [2.24, 2.45) is 5.92 Å². The van der Waals surface area contributed by atoms with Crippen LogP contribution in [0.25, 0.3) is 0 Å². The third kappa shape index (κ3) is 32.2. The number of Topliss-reactive ketones (excluding diaryl/α,β-unsaturated/α-hetero) is 2. The van der Waals surface area contributed by atoms with Crippen LogP contribution in [0.4, 0.5) is 0 Å². The summed E-state index contributed by atoms with van der Waals surface area (Å²) < 4.78 is 0. The fourth-order valence-electron chi connectivity index (χ4n) is 6.06. The fourth-order valence-corrected chi connectivity index (χ4v) is 6.06. The summed E-state index contributed by atoms with van der Waals surface area (Å²) >= 11 is 0. The van der Waals surface area contributed by atoms with Crippen LogP contribution in [-0.4, -0.2) is 37.1 Å². The van der Waals surface area contributed by atoms with Gasteiger partial charge < -0.3 is 4.90 Å². The van der Waals surface area contributed by atoms with Crippen molar-refractivity contribution in [2.75, 3.05) is 20.6 Å². The molecule has 0 radical (unpaired) electrons. The predicted octanol–water partition coefficient (Wildman–Crippen LogP) is 12.8. The molecule has 0 aromatic rings. The van der Waals surface area contributed by atoms with Crippen LogP contribution in [0.15, 0.2) is 24.3 Å². The first kappa shape index (κ1) is 42.8. The van der Waals surface area contributed by atoms with Gasteiger partial charge in [0.1, 0.15) is 11.6 Å². The van der Waals surface area contributed by atoms with Crippen LogP contribution in [0, 0.1) is 5.92 Å². The van der Waals surface area contributed by atoms with Gasteiger partial charge >= 0.3 is 0 Å². The van der Waals surface area contributed by atoms with Crippen molar-refractivity contribution >= 4 is 11.6 Å². The predicted molar refractivity (Wildman–Crippen MR) is 196 cm³/mol. The van der Waals surface area contributed by atoms with Crippen molar-refractivity contribution in [2.45, 2.75) is 200 Å². The van der Waals surface area contributed by atoms with Gasteiger partial charge in [-0.25, -0.2) is 0 Å². The second-order valence-corrected chi connectivity index (χ2v) is 13.8. The lowest BCUT2D eigenvalue weighted by Gasteiger charge is -2.19. The van der Waals surface area contributed by atoms with Crippen LogP contribution < -0.4 is 0 Å². The van der Waals surface area contributed by atoms with E-state index in [9.17, 15) is 9.59 Å². The maximum absolute atomic E-state index is 13.0. The Hall–Kier alpha value is -1.22. The van der Waals surface area contributed by atoms with Gasteiger partial charge in [-0.2, -0.15) is 0 Å². The Labute approximate surface area is 276 Å². The quantitative estimate of drug-likeness (QED) is 0.0526. The molecule has 3 heteroatoms. The van der Waals surface area contributed by atoms with Gasteiger partial charge in [0.05, 0.1) is 0 Å². The molecule has 0 amide bonds. The molecular formula is C41H77NO2. The average molecular weight is 616 g/mol. The zero-order chi connectivity index (χ0) is 32.4. The molecule has 1 unspecified atom stereocenters. The molecule has 3 nitrogen and oxygen atoms in total. The van der Waals surface area contributed by atoms with Crippen LogP contribution in [0.2, 0.25) is 0 Å². The van der Waals surface area contributed by atoms with Crippen LogP contribution in [-0.2, 0) is 9.59 Å². The van der Waals surface area contributed by atoms with E-state index in [1.807, 2.05) is 14.1 Å². The van der Waals surface area contributed by atoms with Crippen molar-refractivity contribution in [3.63, 3.8) is 0 Å². The molecule has 0 spiro atoms. The van der Waals surface area contributed by atoms with Gasteiger partial charge in [0, 0.05) is 31.7 Å². The molecule has 0 aliphatic carbocycles.